The third-order valence-electron chi connectivity index (χ3n) is 2.10. The predicted octanol–water partition coefficient (Wildman–Crippen LogP) is 0.254. The lowest BCUT2D eigenvalue weighted by atomic mass is 10.0. The first-order chi connectivity index (χ1) is 6.18. The van der Waals surface area contributed by atoms with E-state index < -0.39 is 11.9 Å². The summed E-state index contributed by atoms with van der Waals surface area (Å²) in [5, 5.41) is 11.8. The molecule has 1 aliphatic rings. The van der Waals surface area contributed by atoms with Gasteiger partial charge in [0, 0.05) is 13.5 Å². The molecule has 0 bridgehead atoms. The molecular formula is C8H10N2O3. The fraction of sp³-hybridized carbons (Fsp3) is 0.500. The topological polar surface area (TPSA) is 75.4 Å². The van der Waals surface area contributed by atoms with Gasteiger partial charge in [0.25, 0.3) is 0 Å². The maximum Gasteiger partial charge on any atom is 0.314 e. The second-order valence-electron chi connectivity index (χ2n) is 3.06. The number of rotatable bonds is 1. The molecule has 70 valence electrons. The Morgan fingerprint density at radius 3 is 3.23 bits per heavy atom. The molecule has 0 saturated heterocycles. The van der Waals surface area contributed by atoms with E-state index in [0.29, 0.717) is 30.4 Å². The monoisotopic (exact) mass is 182 g/mol. The summed E-state index contributed by atoms with van der Waals surface area (Å²) in [5.74, 6) is -0.251. The van der Waals surface area contributed by atoms with E-state index in [1.165, 1.54) is 0 Å². The Kier molecular flexibility index (Phi) is 1.81. The van der Waals surface area contributed by atoms with Gasteiger partial charge in [-0.05, 0) is 0 Å². The summed E-state index contributed by atoms with van der Waals surface area (Å²) in [5.41, 5.74) is 0.573. The van der Waals surface area contributed by atoms with Gasteiger partial charge < -0.3 is 14.8 Å². The molecule has 5 nitrogen and oxygen atoms in total. The average molecular weight is 182 g/mol. The van der Waals surface area contributed by atoms with Crippen LogP contribution in [-0.4, -0.2) is 22.6 Å². The molecule has 0 aromatic carbocycles. The summed E-state index contributed by atoms with van der Waals surface area (Å²) in [4.78, 5) is 14.9. The molecule has 2 heterocycles. The van der Waals surface area contributed by atoms with Crippen LogP contribution in [0.2, 0.25) is 0 Å². The molecule has 1 atom stereocenters. The highest BCUT2D eigenvalue weighted by atomic mass is 16.4. The first kappa shape index (κ1) is 8.25. The number of oxazole rings is 1. The molecule has 2 rings (SSSR count). The zero-order chi connectivity index (χ0) is 9.42. The smallest absolute Gasteiger partial charge is 0.314 e. The van der Waals surface area contributed by atoms with Crippen LogP contribution >= 0.6 is 0 Å². The van der Waals surface area contributed by atoms with E-state index in [1.54, 1.807) is 6.92 Å². The number of hydrogen-bond acceptors (Lipinski definition) is 4. The van der Waals surface area contributed by atoms with Gasteiger partial charge in [-0.25, -0.2) is 4.98 Å². The largest absolute Gasteiger partial charge is 0.481 e. The number of carboxylic acid groups (broad SMARTS) is 1. The van der Waals surface area contributed by atoms with Crippen molar-refractivity contribution in [2.75, 3.05) is 6.54 Å². The maximum atomic E-state index is 10.8. The minimum Gasteiger partial charge on any atom is -0.481 e. The van der Waals surface area contributed by atoms with Crippen molar-refractivity contribution in [1.82, 2.24) is 10.3 Å². The van der Waals surface area contributed by atoms with Crippen LogP contribution in [0.3, 0.4) is 0 Å². The van der Waals surface area contributed by atoms with Gasteiger partial charge in [0.15, 0.2) is 5.89 Å². The van der Waals surface area contributed by atoms with Crippen molar-refractivity contribution >= 4 is 5.97 Å². The standard InChI is InChI=1S/C8H10N2O3/c1-4-10-7-5(8(11)12)2-9-3-6(7)13-4/h5,9H,2-3H2,1H3,(H,11,12). The Labute approximate surface area is 74.8 Å². The third kappa shape index (κ3) is 1.31. The van der Waals surface area contributed by atoms with Crippen LogP contribution in [0.25, 0.3) is 0 Å². The lowest BCUT2D eigenvalue weighted by molar-refractivity contribution is -0.139. The van der Waals surface area contributed by atoms with Crippen LogP contribution < -0.4 is 5.32 Å². The summed E-state index contributed by atoms with van der Waals surface area (Å²) in [6.45, 7) is 2.71. The Morgan fingerprint density at radius 2 is 2.54 bits per heavy atom. The molecule has 5 heteroatoms. The summed E-state index contributed by atoms with van der Waals surface area (Å²) in [6.07, 6.45) is 0. The van der Waals surface area contributed by atoms with Crippen LogP contribution in [0.4, 0.5) is 0 Å². The second kappa shape index (κ2) is 2.85. The molecule has 1 aromatic heterocycles. The van der Waals surface area contributed by atoms with E-state index in [1.807, 2.05) is 0 Å². The number of nitrogens with zero attached hydrogens (tertiary/aromatic N) is 1. The van der Waals surface area contributed by atoms with Crippen LogP contribution in [0, 0.1) is 6.92 Å². The quantitative estimate of drug-likeness (QED) is 0.651. The van der Waals surface area contributed by atoms with Crippen LogP contribution in [0.15, 0.2) is 4.42 Å². The summed E-state index contributed by atoms with van der Waals surface area (Å²) >= 11 is 0. The molecule has 13 heavy (non-hydrogen) atoms. The second-order valence-corrected chi connectivity index (χ2v) is 3.06. The van der Waals surface area contributed by atoms with Crippen molar-refractivity contribution in [3.63, 3.8) is 0 Å². The zero-order valence-corrected chi connectivity index (χ0v) is 7.20. The number of aryl methyl sites for hydroxylation is 1. The van der Waals surface area contributed by atoms with E-state index in [4.69, 9.17) is 9.52 Å². The zero-order valence-electron chi connectivity index (χ0n) is 7.20. The first-order valence-electron chi connectivity index (χ1n) is 4.08. The number of hydrogen-bond donors (Lipinski definition) is 2. The van der Waals surface area contributed by atoms with Crippen LogP contribution in [0.5, 0.6) is 0 Å². The van der Waals surface area contributed by atoms with E-state index in [0.717, 1.165) is 0 Å². The molecule has 0 spiro atoms. The first-order valence-corrected chi connectivity index (χ1v) is 4.08. The van der Waals surface area contributed by atoms with E-state index >= 15 is 0 Å². The van der Waals surface area contributed by atoms with Crippen molar-refractivity contribution in [3.8, 4) is 0 Å². The number of carbonyl (C=O) groups is 1. The molecule has 2 N–H and O–H groups in total. The van der Waals surface area contributed by atoms with Crippen molar-refractivity contribution in [2.24, 2.45) is 0 Å². The van der Waals surface area contributed by atoms with E-state index in [2.05, 4.69) is 10.3 Å². The molecule has 1 unspecified atom stereocenters. The Bertz CT molecular complexity index is 345. The average Bonchev–Trinajstić information content (AvgIpc) is 2.43. The lowest BCUT2D eigenvalue weighted by Crippen LogP contribution is -2.32. The van der Waals surface area contributed by atoms with Gasteiger partial charge >= 0.3 is 5.97 Å². The molecule has 0 saturated carbocycles. The van der Waals surface area contributed by atoms with E-state index in [-0.39, 0.29) is 0 Å². The lowest BCUT2D eigenvalue weighted by Gasteiger charge is -2.16. The molecule has 1 aromatic rings. The van der Waals surface area contributed by atoms with E-state index in [9.17, 15) is 4.79 Å². The highest BCUT2D eigenvalue weighted by Crippen LogP contribution is 2.23. The van der Waals surface area contributed by atoms with Crippen molar-refractivity contribution in [3.05, 3.63) is 17.3 Å². The summed E-state index contributed by atoms with van der Waals surface area (Å²) in [7, 11) is 0. The van der Waals surface area contributed by atoms with Crippen LogP contribution in [0.1, 0.15) is 23.3 Å². The SMILES string of the molecule is Cc1nc2c(o1)CNCC2C(=O)O. The van der Waals surface area contributed by atoms with Crippen molar-refractivity contribution in [1.29, 1.82) is 0 Å². The van der Waals surface area contributed by atoms with Gasteiger partial charge in [-0.3, -0.25) is 4.79 Å². The van der Waals surface area contributed by atoms with Crippen LogP contribution in [-0.2, 0) is 11.3 Å². The highest BCUT2D eigenvalue weighted by Gasteiger charge is 2.30. The number of carboxylic acids is 1. The summed E-state index contributed by atoms with van der Waals surface area (Å²) < 4.78 is 5.25. The minimum atomic E-state index is -0.859. The summed E-state index contributed by atoms with van der Waals surface area (Å²) in [6, 6.07) is 0. The molecular weight excluding hydrogens is 172 g/mol. The van der Waals surface area contributed by atoms with Gasteiger partial charge in [0.05, 0.1) is 12.2 Å². The third-order valence-corrected chi connectivity index (χ3v) is 2.10. The Balaban J connectivity index is 2.41. The normalized spacial score (nSPS) is 21.2. The number of aliphatic carboxylic acids is 1. The molecule has 0 aliphatic carbocycles. The van der Waals surface area contributed by atoms with Crippen molar-refractivity contribution < 1.29 is 14.3 Å². The van der Waals surface area contributed by atoms with Gasteiger partial charge in [-0.15, -0.1) is 0 Å². The van der Waals surface area contributed by atoms with Gasteiger partial charge in [0.2, 0.25) is 0 Å². The minimum absolute atomic E-state index is 0.425. The Morgan fingerprint density at radius 1 is 1.77 bits per heavy atom. The molecule has 0 fully saturated rings. The fourth-order valence-electron chi connectivity index (χ4n) is 1.52. The van der Waals surface area contributed by atoms with Crippen molar-refractivity contribution in [2.45, 2.75) is 19.4 Å². The predicted molar refractivity (Wildman–Crippen MR) is 43.3 cm³/mol. The molecule has 1 aliphatic heterocycles. The van der Waals surface area contributed by atoms with Gasteiger partial charge in [0.1, 0.15) is 11.7 Å². The Hall–Kier alpha value is -1.36. The molecule has 0 radical (unpaired) electrons. The maximum absolute atomic E-state index is 10.8. The fourth-order valence-corrected chi connectivity index (χ4v) is 1.52. The van der Waals surface area contributed by atoms with Gasteiger partial charge in [-0.1, -0.05) is 0 Å². The number of nitrogens with one attached hydrogen (secondary N) is 1. The van der Waals surface area contributed by atoms with Gasteiger partial charge in [-0.2, -0.15) is 0 Å². The highest BCUT2D eigenvalue weighted by molar-refractivity contribution is 5.76. The number of aromatic nitrogens is 1. The number of fused-ring (bicyclic) bond motifs is 1. The molecule has 0 amide bonds.